The van der Waals surface area contributed by atoms with Gasteiger partial charge in [-0.1, -0.05) is 57.5 Å². The average Bonchev–Trinajstić information content (AvgIpc) is 2.22. The fourth-order valence-corrected chi connectivity index (χ4v) is 2.13. The third kappa shape index (κ3) is 5.36. The summed E-state index contributed by atoms with van der Waals surface area (Å²) in [5.41, 5.74) is 3.13. The maximum atomic E-state index is 3.67. The molecular formula is C16H27N. The molecule has 0 saturated heterocycles. The fourth-order valence-electron chi connectivity index (χ4n) is 2.13. The van der Waals surface area contributed by atoms with Crippen molar-refractivity contribution in [3.8, 4) is 0 Å². The van der Waals surface area contributed by atoms with Crippen molar-refractivity contribution < 1.29 is 0 Å². The predicted molar refractivity (Wildman–Crippen MR) is 76.3 cm³/mol. The van der Waals surface area contributed by atoms with Crippen LogP contribution in [0.25, 0.3) is 0 Å². The Hall–Kier alpha value is -0.820. The molecule has 1 aromatic carbocycles. The molecule has 0 heterocycles. The van der Waals surface area contributed by atoms with E-state index in [1.807, 2.05) is 0 Å². The van der Waals surface area contributed by atoms with Gasteiger partial charge in [-0.3, -0.25) is 0 Å². The van der Waals surface area contributed by atoms with Crippen molar-refractivity contribution in [2.24, 2.45) is 5.41 Å². The third-order valence-electron chi connectivity index (χ3n) is 2.90. The first-order valence-electron chi connectivity index (χ1n) is 6.72. The van der Waals surface area contributed by atoms with Crippen LogP contribution in [0.4, 0.5) is 0 Å². The first kappa shape index (κ1) is 14.2. The van der Waals surface area contributed by atoms with Gasteiger partial charge in [-0.2, -0.15) is 0 Å². The van der Waals surface area contributed by atoms with Crippen LogP contribution in [0.5, 0.6) is 0 Å². The van der Waals surface area contributed by atoms with E-state index in [1.165, 1.54) is 24.0 Å². The summed E-state index contributed by atoms with van der Waals surface area (Å²) in [5.74, 6) is 0. The molecule has 1 atom stereocenters. The van der Waals surface area contributed by atoms with Gasteiger partial charge in [-0.05, 0) is 37.3 Å². The van der Waals surface area contributed by atoms with Gasteiger partial charge in [0, 0.05) is 6.04 Å². The van der Waals surface area contributed by atoms with E-state index in [2.05, 4.69) is 64.2 Å². The zero-order valence-corrected chi connectivity index (χ0v) is 12.0. The molecule has 0 aliphatic rings. The van der Waals surface area contributed by atoms with Crippen LogP contribution in [-0.2, 0) is 0 Å². The van der Waals surface area contributed by atoms with Gasteiger partial charge in [-0.15, -0.1) is 0 Å². The van der Waals surface area contributed by atoms with Crippen molar-refractivity contribution in [1.82, 2.24) is 5.32 Å². The Kier molecular flexibility index (Phi) is 5.20. The largest absolute Gasteiger partial charge is 0.310 e. The van der Waals surface area contributed by atoms with Crippen molar-refractivity contribution in [3.05, 3.63) is 35.4 Å². The van der Waals surface area contributed by atoms with Crippen LogP contribution in [0.1, 0.15) is 57.7 Å². The van der Waals surface area contributed by atoms with Gasteiger partial charge in [0.15, 0.2) is 0 Å². The highest BCUT2D eigenvalue weighted by molar-refractivity contribution is 5.25. The minimum atomic E-state index is 0.356. The standard InChI is InChI=1S/C16H27N/c1-6-10-17-15(12-16(3,4)5)14-9-7-8-13(2)11-14/h7-9,11,15,17H,6,10,12H2,1-5H3. The van der Waals surface area contributed by atoms with Crippen LogP contribution >= 0.6 is 0 Å². The number of benzene rings is 1. The fraction of sp³-hybridized carbons (Fsp3) is 0.625. The lowest BCUT2D eigenvalue weighted by molar-refractivity contribution is 0.311. The van der Waals surface area contributed by atoms with Crippen molar-refractivity contribution >= 4 is 0 Å². The summed E-state index contributed by atoms with van der Waals surface area (Å²) >= 11 is 0. The van der Waals surface area contributed by atoms with Gasteiger partial charge in [0.1, 0.15) is 0 Å². The van der Waals surface area contributed by atoms with Crippen LogP contribution < -0.4 is 5.32 Å². The molecule has 0 fully saturated rings. The van der Waals surface area contributed by atoms with E-state index in [1.54, 1.807) is 0 Å². The highest BCUT2D eigenvalue weighted by Crippen LogP contribution is 2.29. The average molecular weight is 233 g/mol. The van der Waals surface area contributed by atoms with Crippen molar-refractivity contribution in [2.45, 2.75) is 53.5 Å². The molecular weight excluding hydrogens is 206 g/mol. The molecule has 0 saturated carbocycles. The van der Waals surface area contributed by atoms with E-state index in [-0.39, 0.29) is 0 Å². The molecule has 0 spiro atoms. The number of hydrogen-bond acceptors (Lipinski definition) is 1. The second-order valence-corrected chi connectivity index (χ2v) is 6.19. The molecule has 17 heavy (non-hydrogen) atoms. The molecule has 0 aromatic heterocycles. The summed E-state index contributed by atoms with van der Waals surface area (Å²) in [4.78, 5) is 0. The Morgan fingerprint density at radius 3 is 2.47 bits per heavy atom. The molecule has 1 nitrogen and oxygen atoms in total. The number of aryl methyl sites for hydroxylation is 1. The van der Waals surface area contributed by atoms with E-state index in [9.17, 15) is 0 Å². The summed E-state index contributed by atoms with van der Waals surface area (Å²) in [6.45, 7) is 12.4. The molecule has 0 aliphatic heterocycles. The Balaban J connectivity index is 2.81. The maximum Gasteiger partial charge on any atom is 0.0325 e. The Morgan fingerprint density at radius 2 is 1.94 bits per heavy atom. The molecule has 0 radical (unpaired) electrons. The van der Waals surface area contributed by atoms with Crippen LogP contribution in [0.15, 0.2) is 24.3 Å². The Labute approximate surface area is 107 Å². The first-order chi connectivity index (χ1) is 7.92. The summed E-state index contributed by atoms with van der Waals surface area (Å²) in [5, 5.41) is 3.67. The highest BCUT2D eigenvalue weighted by Gasteiger charge is 2.19. The molecule has 1 N–H and O–H groups in total. The lowest BCUT2D eigenvalue weighted by Crippen LogP contribution is -2.26. The quantitative estimate of drug-likeness (QED) is 0.791. The second-order valence-electron chi connectivity index (χ2n) is 6.19. The predicted octanol–water partition coefficient (Wildman–Crippen LogP) is 4.47. The normalized spacial score (nSPS) is 13.7. The van der Waals surface area contributed by atoms with Crippen LogP contribution in [0, 0.1) is 12.3 Å². The van der Waals surface area contributed by atoms with E-state index >= 15 is 0 Å². The molecule has 1 aromatic rings. The number of nitrogens with one attached hydrogen (secondary N) is 1. The van der Waals surface area contributed by atoms with Crippen molar-refractivity contribution in [3.63, 3.8) is 0 Å². The topological polar surface area (TPSA) is 12.0 Å². The molecule has 0 amide bonds. The number of rotatable bonds is 5. The first-order valence-corrected chi connectivity index (χ1v) is 6.72. The molecule has 0 aliphatic carbocycles. The summed E-state index contributed by atoms with van der Waals surface area (Å²) in [7, 11) is 0. The van der Waals surface area contributed by atoms with Crippen LogP contribution in [-0.4, -0.2) is 6.54 Å². The van der Waals surface area contributed by atoms with Gasteiger partial charge in [0.05, 0.1) is 0 Å². The van der Waals surface area contributed by atoms with Crippen LogP contribution in [0.2, 0.25) is 0 Å². The minimum absolute atomic E-state index is 0.356. The smallest absolute Gasteiger partial charge is 0.0325 e. The van der Waals surface area contributed by atoms with Gasteiger partial charge in [0.25, 0.3) is 0 Å². The maximum absolute atomic E-state index is 3.67. The number of hydrogen-bond donors (Lipinski definition) is 1. The van der Waals surface area contributed by atoms with Gasteiger partial charge >= 0.3 is 0 Å². The second kappa shape index (κ2) is 6.20. The lowest BCUT2D eigenvalue weighted by Gasteiger charge is -2.27. The highest BCUT2D eigenvalue weighted by atomic mass is 14.9. The zero-order chi connectivity index (χ0) is 12.9. The monoisotopic (exact) mass is 233 g/mol. The molecule has 0 bridgehead atoms. The SMILES string of the molecule is CCCNC(CC(C)(C)C)c1cccc(C)c1. The molecule has 96 valence electrons. The van der Waals surface area contributed by atoms with E-state index in [4.69, 9.17) is 0 Å². The Bertz CT molecular complexity index is 336. The summed E-state index contributed by atoms with van der Waals surface area (Å²) in [6.07, 6.45) is 2.36. The van der Waals surface area contributed by atoms with Crippen LogP contribution in [0.3, 0.4) is 0 Å². The lowest BCUT2D eigenvalue weighted by atomic mass is 9.85. The summed E-state index contributed by atoms with van der Waals surface area (Å²) in [6, 6.07) is 9.35. The van der Waals surface area contributed by atoms with Crippen molar-refractivity contribution in [2.75, 3.05) is 6.54 Å². The van der Waals surface area contributed by atoms with Gasteiger partial charge in [0.2, 0.25) is 0 Å². The van der Waals surface area contributed by atoms with Crippen molar-refractivity contribution in [1.29, 1.82) is 0 Å². The summed E-state index contributed by atoms with van der Waals surface area (Å²) < 4.78 is 0. The van der Waals surface area contributed by atoms with Gasteiger partial charge in [-0.25, -0.2) is 0 Å². The third-order valence-corrected chi connectivity index (χ3v) is 2.90. The molecule has 1 heteroatoms. The molecule has 1 rings (SSSR count). The minimum Gasteiger partial charge on any atom is -0.310 e. The Morgan fingerprint density at radius 1 is 1.24 bits per heavy atom. The van der Waals surface area contributed by atoms with Gasteiger partial charge < -0.3 is 5.32 Å². The van der Waals surface area contributed by atoms with E-state index in [0.717, 1.165) is 6.54 Å². The zero-order valence-electron chi connectivity index (χ0n) is 12.0. The van der Waals surface area contributed by atoms with E-state index in [0.29, 0.717) is 11.5 Å². The molecule has 1 unspecified atom stereocenters. The van der Waals surface area contributed by atoms with E-state index < -0.39 is 0 Å².